The van der Waals surface area contributed by atoms with Crippen molar-refractivity contribution in [3.63, 3.8) is 0 Å². The molecular weight excluding hydrogens is 311 g/mol. The Kier molecular flexibility index (Phi) is 5.12. The van der Waals surface area contributed by atoms with Crippen molar-refractivity contribution < 1.29 is 9.59 Å². The number of hydrogen-bond acceptors (Lipinski definition) is 2. The molecule has 0 spiro atoms. The maximum absolute atomic E-state index is 12.5. The molecular formula is C15H18Cl2N2O2. The van der Waals surface area contributed by atoms with E-state index in [4.69, 9.17) is 23.2 Å². The number of halogens is 2. The molecule has 114 valence electrons. The van der Waals surface area contributed by atoms with Crippen molar-refractivity contribution in [2.45, 2.75) is 31.6 Å². The molecule has 0 aliphatic heterocycles. The van der Waals surface area contributed by atoms with Crippen LogP contribution in [0.4, 0.5) is 0 Å². The molecule has 1 aromatic rings. The van der Waals surface area contributed by atoms with Crippen molar-refractivity contribution in [2.75, 3.05) is 13.1 Å². The van der Waals surface area contributed by atoms with Gasteiger partial charge < -0.3 is 10.6 Å². The highest BCUT2D eigenvalue weighted by Crippen LogP contribution is 2.46. The topological polar surface area (TPSA) is 58.2 Å². The SMILES string of the molecule is CC(=O)NCCNC(=O)C1(c2ccc(Cl)cc2Cl)CCC1. The first-order chi connectivity index (χ1) is 9.95. The van der Waals surface area contributed by atoms with Crippen LogP contribution in [0.25, 0.3) is 0 Å². The summed E-state index contributed by atoms with van der Waals surface area (Å²) >= 11 is 12.2. The summed E-state index contributed by atoms with van der Waals surface area (Å²) in [4.78, 5) is 23.3. The third kappa shape index (κ3) is 3.50. The van der Waals surface area contributed by atoms with Gasteiger partial charge in [0.05, 0.1) is 5.41 Å². The van der Waals surface area contributed by atoms with Gasteiger partial charge >= 0.3 is 0 Å². The lowest BCUT2D eigenvalue weighted by molar-refractivity contribution is -0.130. The fourth-order valence-corrected chi connectivity index (χ4v) is 3.20. The van der Waals surface area contributed by atoms with Crippen molar-refractivity contribution in [3.05, 3.63) is 33.8 Å². The molecule has 2 rings (SSSR count). The van der Waals surface area contributed by atoms with Gasteiger partial charge in [-0.25, -0.2) is 0 Å². The monoisotopic (exact) mass is 328 g/mol. The van der Waals surface area contributed by atoms with Crippen molar-refractivity contribution in [2.24, 2.45) is 0 Å². The molecule has 6 heteroatoms. The maximum atomic E-state index is 12.5. The first-order valence-corrected chi connectivity index (χ1v) is 7.69. The largest absolute Gasteiger partial charge is 0.355 e. The predicted octanol–water partition coefficient (Wildman–Crippen LogP) is 2.67. The van der Waals surface area contributed by atoms with Gasteiger partial charge in [-0.1, -0.05) is 35.7 Å². The van der Waals surface area contributed by atoms with Gasteiger partial charge in [0.2, 0.25) is 11.8 Å². The van der Waals surface area contributed by atoms with E-state index in [1.807, 2.05) is 6.07 Å². The van der Waals surface area contributed by atoms with E-state index < -0.39 is 5.41 Å². The number of rotatable bonds is 5. The van der Waals surface area contributed by atoms with Crippen LogP contribution >= 0.6 is 23.2 Å². The smallest absolute Gasteiger partial charge is 0.230 e. The number of carbonyl (C=O) groups excluding carboxylic acids is 2. The van der Waals surface area contributed by atoms with Crippen LogP contribution in [-0.2, 0) is 15.0 Å². The second kappa shape index (κ2) is 6.67. The molecule has 0 saturated heterocycles. The molecule has 1 fully saturated rings. The van der Waals surface area contributed by atoms with Crippen LogP contribution in [-0.4, -0.2) is 24.9 Å². The lowest BCUT2D eigenvalue weighted by atomic mass is 9.63. The molecule has 0 unspecified atom stereocenters. The minimum atomic E-state index is -0.558. The lowest BCUT2D eigenvalue weighted by Crippen LogP contribution is -2.50. The number of hydrogen-bond donors (Lipinski definition) is 2. The van der Waals surface area contributed by atoms with Gasteiger partial charge in [0.15, 0.2) is 0 Å². The molecule has 0 atom stereocenters. The Labute approximate surface area is 134 Å². The fraction of sp³-hybridized carbons (Fsp3) is 0.467. The summed E-state index contributed by atoms with van der Waals surface area (Å²) < 4.78 is 0. The van der Waals surface area contributed by atoms with Crippen LogP contribution in [0.5, 0.6) is 0 Å². The summed E-state index contributed by atoms with van der Waals surface area (Å²) in [6.07, 6.45) is 2.55. The summed E-state index contributed by atoms with van der Waals surface area (Å²) in [7, 11) is 0. The molecule has 1 aliphatic rings. The van der Waals surface area contributed by atoms with Crippen molar-refractivity contribution >= 4 is 35.0 Å². The summed E-state index contributed by atoms with van der Waals surface area (Å²) in [5.74, 6) is -0.147. The molecule has 2 N–H and O–H groups in total. The van der Waals surface area contributed by atoms with Gasteiger partial charge in [0.1, 0.15) is 0 Å². The van der Waals surface area contributed by atoms with E-state index in [2.05, 4.69) is 10.6 Å². The quantitative estimate of drug-likeness (QED) is 0.816. The van der Waals surface area contributed by atoms with Crippen molar-refractivity contribution in [1.29, 1.82) is 0 Å². The third-order valence-corrected chi connectivity index (χ3v) is 4.42. The Hall–Kier alpha value is -1.26. The van der Waals surface area contributed by atoms with Crippen molar-refractivity contribution in [3.8, 4) is 0 Å². The number of benzene rings is 1. The first-order valence-electron chi connectivity index (χ1n) is 6.94. The zero-order chi connectivity index (χ0) is 15.5. The standard InChI is InChI=1S/C15H18Cl2N2O2/c1-10(20)18-7-8-19-14(21)15(5-2-6-15)12-4-3-11(16)9-13(12)17/h3-4,9H,2,5-8H2,1H3,(H,18,20)(H,19,21). The van der Waals surface area contributed by atoms with Crippen LogP contribution in [0, 0.1) is 0 Å². The highest BCUT2D eigenvalue weighted by atomic mass is 35.5. The average molecular weight is 329 g/mol. The summed E-state index contributed by atoms with van der Waals surface area (Å²) in [5, 5.41) is 6.61. The molecule has 2 amide bonds. The minimum absolute atomic E-state index is 0.0386. The molecule has 0 aromatic heterocycles. The Morgan fingerprint density at radius 3 is 2.38 bits per heavy atom. The van der Waals surface area contributed by atoms with E-state index in [-0.39, 0.29) is 11.8 Å². The van der Waals surface area contributed by atoms with E-state index in [0.29, 0.717) is 23.1 Å². The predicted molar refractivity (Wildman–Crippen MR) is 83.7 cm³/mol. The van der Waals surface area contributed by atoms with E-state index in [1.165, 1.54) is 6.92 Å². The average Bonchev–Trinajstić information content (AvgIpc) is 2.35. The van der Waals surface area contributed by atoms with Crippen LogP contribution in [0.1, 0.15) is 31.7 Å². The van der Waals surface area contributed by atoms with Gasteiger partial charge in [-0.05, 0) is 30.5 Å². The van der Waals surface area contributed by atoms with Gasteiger partial charge in [-0.15, -0.1) is 0 Å². The van der Waals surface area contributed by atoms with Crippen LogP contribution in [0.3, 0.4) is 0 Å². The molecule has 0 heterocycles. The highest BCUT2D eigenvalue weighted by Gasteiger charge is 2.46. The van der Waals surface area contributed by atoms with Gasteiger partial charge in [-0.3, -0.25) is 9.59 Å². The Bertz CT molecular complexity index is 557. The molecule has 1 saturated carbocycles. The first kappa shape index (κ1) is 16.1. The van der Waals surface area contributed by atoms with E-state index in [9.17, 15) is 9.59 Å². The summed E-state index contributed by atoms with van der Waals surface area (Å²) in [6, 6.07) is 5.26. The number of nitrogens with one attached hydrogen (secondary N) is 2. The van der Waals surface area contributed by atoms with E-state index >= 15 is 0 Å². The Morgan fingerprint density at radius 2 is 1.86 bits per heavy atom. The lowest BCUT2D eigenvalue weighted by Gasteiger charge is -2.41. The maximum Gasteiger partial charge on any atom is 0.230 e. The van der Waals surface area contributed by atoms with Crippen molar-refractivity contribution in [1.82, 2.24) is 10.6 Å². The van der Waals surface area contributed by atoms with E-state index in [0.717, 1.165) is 24.8 Å². The van der Waals surface area contributed by atoms with Crippen LogP contribution < -0.4 is 10.6 Å². The highest BCUT2D eigenvalue weighted by molar-refractivity contribution is 6.35. The van der Waals surface area contributed by atoms with Gasteiger partial charge in [-0.2, -0.15) is 0 Å². The molecule has 1 aliphatic carbocycles. The molecule has 0 bridgehead atoms. The third-order valence-electron chi connectivity index (χ3n) is 3.87. The second-order valence-corrected chi connectivity index (χ2v) is 6.14. The molecule has 21 heavy (non-hydrogen) atoms. The molecule has 4 nitrogen and oxygen atoms in total. The zero-order valence-corrected chi connectivity index (χ0v) is 13.4. The molecule has 0 radical (unpaired) electrons. The number of carbonyl (C=O) groups is 2. The molecule has 1 aromatic carbocycles. The van der Waals surface area contributed by atoms with Gasteiger partial charge in [0.25, 0.3) is 0 Å². The summed E-state index contributed by atoms with van der Waals surface area (Å²) in [6.45, 7) is 2.28. The van der Waals surface area contributed by atoms with Crippen LogP contribution in [0.2, 0.25) is 10.0 Å². The normalized spacial score (nSPS) is 16.0. The Balaban J connectivity index is 2.06. The Morgan fingerprint density at radius 1 is 1.19 bits per heavy atom. The fourth-order valence-electron chi connectivity index (χ4n) is 2.61. The van der Waals surface area contributed by atoms with Crippen LogP contribution in [0.15, 0.2) is 18.2 Å². The second-order valence-electron chi connectivity index (χ2n) is 5.30. The van der Waals surface area contributed by atoms with E-state index in [1.54, 1.807) is 12.1 Å². The zero-order valence-electron chi connectivity index (χ0n) is 11.8. The van der Waals surface area contributed by atoms with Gasteiger partial charge in [0, 0.05) is 30.1 Å². The summed E-state index contributed by atoms with van der Waals surface area (Å²) in [5.41, 5.74) is 0.273. The minimum Gasteiger partial charge on any atom is -0.355 e. The number of amides is 2.